The molecule has 0 spiro atoms. The summed E-state index contributed by atoms with van der Waals surface area (Å²) >= 11 is 0. The molecule has 1 atom stereocenters. The molecule has 1 aliphatic rings. The topological polar surface area (TPSA) is 102 Å². The normalized spacial score (nSPS) is 18.0. The van der Waals surface area contributed by atoms with Crippen molar-refractivity contribution in [1.29, 1.82) is 0 Å². The van der Waals surface area contributed by atoms with Gasteiger partial charge in [0.15, 0.2) is 0 Å². The van der Waals surface area contributed by atoms with Gasteiger partial charge in [0.1, 0.15) is 6.04 Å². The molecule has 2 N–H and O–H groups in total. The Morgan fingerprint density at radius 2 is 1.85 bits per heavy atom. The van der Waals surface area contributed by atoms with Crippen LogP contribution in [0.25, 0.3) is 11.4 Å². The van der Waals surface area contributed by atoms with E-state index in [0.717, 1.165) is 17.5 Å². The Morgan fingerprint density at radius 1 is 1.11 bits per heavy atom. The molecule has 1 aromatic heterocycles. The highest BCUT2D eigenvalue weighted by molar-refractivity contribution is 7.89. The van der Waals surface area contributed by atoms with Gasteiger partial charge in [-0.2, -0.15) is 9.29 Å². The Morgan fingerprint density at radius 3 is 2.56 bits per heavy atom. The highest BCUT2D eigenvalue weighted by Crippen LogP contribution is 2.36. The zero-order valence-corrected chi connectivity index (χ0v) is 15.5. The summed E-state index contributed by atoms with van der Waals surface area (Å²) in [5, 5.41) is 4.04. The molecule has 2 aromatic carbocycles. The van der Waals surface area contributed by atoms with E-state index < -0.39 is 16.1 Å². The van der Waals surface area contributed by atoms with Gasteiger partial charge in [0.25, 0.3) is 0 Å². The quantitative estimate of drug-likeness (QED) is 0.726. The molecule has 8 heteroatoms. The summed E-state index contributed by atoms with van der Waals surface area (Å²) in [5.41, 5.74) is 7.43. The Hall–Kier alpha value is -2.55. The Kier molecular flexibility index (Phi) is 4.77. The van der Waals surface area contributed by atoms with E-state index >= 15 is 0 Å². The van der Waals surface area contributed by atoms with E-state index in [1.54, 1.807) is 30.3 Å². The molecule has 7 nitrogen and oxygen atoms in total. The van der Waals surface area contributed by atoms with Crippen LogP contribution in [0.4, 0.5) is 0 Å². The molecule has 140 valence electrons. The fraction of sp³-hybridized carbons (Fsp3) is 0.263. The van der Waals surface area contributed by atoms with Crippen molar-refractivity contribution in [2.75, 3.05) is 6.54 Å². The van der Waals surface area contributed by atoms with E-state index in [-0.39, 0.29) is 4.90 Å². The summed E-state index contributed by atoms with van der Waals surface area (Å²) in [6.45, 7) is 0.900. The minimum absolute atomic E-state index is 0.272. The third kappa shape index (κ3) is 3.39. The summed E-state index contributed by atoms with van der Waals surface area (Å²) in [6.07, 6.45) is 1.40. The largest absolute Gasteiger partial charge is 0.337 e. The third-order valence-corrected chi connectivity index (χ3v) is 6.65. The minimum Gasteiger partial charge on any atom is -0.337 e. The van der Waals surface area contributed by atoms with Crippen molar-refractivity contribution in [3.8, 4) is 11.4 Å². The second kappa shape index (κ2) is 7.22. The van der Waals surface area contributed by atoms with Crippen LogP contribution in [-0.4, -0.2) is 29.4 Å². The first-order valence-corrected chi connectivity index (χ1v) is 10.2. The van der Waals surface area contributed by atoms with Crippen LogP contribution in [-0.2, 0) is 16.6 Å². The van der Waals surface area contributed by atoms with Gasteiger partial charge in [-0.3, -0.25) is 0 Å². The molecule has 0 aliphatic carbocycles. The predicted octanol–water partition coefficient (Wildman–Crippen LogP) is 2.72. The van der Waals surface area contributed by atoms with Crippen LogP contribution in [0.3, 0.4) is 0 Å². The number of aromatic nitrogens is 2. The van der Waals surface area contributed by atoms with Gasteiger partial charge in [-0.15, -0.1) is 0 Å². The SMILES string of the molecule is NCc1ccc(-c2noc(C3CCCN3S(=O)(=O)c3ccccc3)n2)cc1. The molecule has 0 amide bonds. The van der Waals surface area contributed by atoms with Crippen molar-refractivity contribution >= 4 is 10.0 Å². The Bertz CT molecular complexity index is 1020. The lowest BCUT2D eigenvalue weighted by atomic mass is 10.1. The summed E-state index contributed by atoms with van der Waals surface area (Å²) in [7, 11) is -3.61. The number of sulfonamides is 1. The number of hydrogen-bond donors (Lipinski definition) is 1. The van der Waals surface area contributed by atoms with Gasteiger partial charge in [-0.25, -0.2) is 8.42 Å². The molecule has 1 aliphatic heterocycles. The highest BCUT2D eigenvalue weighted by atomic mass is 32.2. The van der Waals surface area contributed by atoms with Crippen LogP contribution in [0.5, 0.6) is 0 Å². The Balaban J connectivity index is 1.62. The van der Waals surface area contributed by atoms with E-state index in [0.29, 0.717) is 31.2 Å². The summed E-state index contributed by atoms with van der Waals surface area (Å²) in [6, 6.07) is 15.6. The summed E-state index contributed by atoms with van der Waals surface area (Å²) in [4.78, 5) is 4.73. The third-order valence-electron chi connectivity index (χ3n) is 4.73. The molecule has 1 saturated heterocycles. The van der Waals surface area contributed by atoms with Gasteiger partial charge in [-0.1, -0.05) is 47.6 Å². The maximum Gasteiger partial charge on any atom is 0.245 e. The first-order chi connectivity index (χ1) is 13.1. The van der Waals surface area contributed by atoms with Crippen molar-refractivity contribution in [1.82, 2.24) is 14.4 Å². The average Bonchev–Trinajstić information content (AvgIpc) is 3.38. The molecule has 0 radical (unpaired) electrons. The second-order valence-corrected chi connectivity index (χ2v) is 8.33. The van der Waals surface area contributed by atoms with Crippen molar-refractivity contribution in [2.24, 2.45) is 5.73 Å². The zero-order valence-electron chi connectivity index (χ0n) is 14.7. The molecule has 2 heterocycles. The molecule has 4 rings (SSSR count). The molecule has 0 bridgehead atoms. The van der Waals surface area contributed by atoms with Crippen molar-refractivity contribution in [3.05, 3.63) is 66.1 Å². The molecular formula is C19H20N4O3S. The van der Waals surface area contributed by atoms with Crippen molar-refractivity contribution in [2.45, 2.75) is 30.3 Å². The smallest absolute Gasteiger partial charge is 0.245 e. The monoisotopic (exact) mass is 384 g/mol. The summed E-state index contributed by atoms with van der Waals surface area (Å²) < 4.78 is 32.9. The summed E-state index contributed by atoms with van der Waals surface area (Å²) in [5.74, 6) is 0.766. The molecule has 1 unspecified atom stereocenters. The van der Waals surface area contributed by atoms with Gasteiger partial charge in [0, 0.05) is 18.7 Å². The molecule has 27 heavy (non-hydrogen) atoms. The zero-order chi connectivity index (χ0) is 18.9. The van der Waals surface area contributed by atoms with Crippen molar-refractivity contribution in [3.63, 3.8) is 0 Å². The number of nitrogens with two attached hydrogens (primary N) is 1. The Labute approximate surface area is 157 Å². The van der Waals surface area contributed by atoms with Gasteiger partial charge in [0.2, 0.25) is 21.7 Å². The number of nitrogens with zero attached hydrogens (tertiary/aromatic N) is 3. The first-order valence-electron chi connectivity index (χ1n) is 8.79. The van der Waals surface area contributed by atoms with Crippen LogP contribution in [0.1, 0.15) is 30.3 Å². The lowest BCUT2D eigenvalue weighted by molar-refractivity contribution is 0.290. The minimum atomic E-state index is -3.61. The molecule has 3 aromatic rings. The van der Waals surface area contributed by atoms with Gasteiger partial charge >= 0.3 is 0 Å². The van der Waals surface area contributed by atoms with E-state index in [1.807, 2.05) is 24.3 Å². The van der Waals surface area contributed by atoms with E-state index in [9.17, 15) is 8.42 Å². The lowest BCUT2D eigenvalue weighted by Crippen LogP contribution is -2.30. The van der Waals surface area contributed by atoms with Crippen LogP contribution in [0.2, 0.25) is 0 Å². The number of benzene rings is 2. The fourth-order valence-corrected chi connectivity index (χ4v) is 4.95. The predicted molar refractivity (Wildman–Crippen MR) is 99.9 cm³/mol. The highest BCUT2D eigenvalue weighted by Gasteiger charge is 2.39. The van der Waals surface area contributed by atoms with Gasteiger partial charge in [0.05, 0.1) is 4.90 Å². The molecule has 0 saturated carbocycles. The maximum absolute atomic E-state index is 13.0. The standard InChI is InChI=1S/C19H20N4O3S/c20-13-14-8-10-15(11-9-14)18-21-19(26-22-18)17-7-4-12-23(17)27(24,25)16-5-2-1-3-6-16/h1-3,5-6,8-11,17H,4,7,12-13,20H2. The number of rotatable bonds is 5. The van der Waals surface area contributed by atoms with Crippen LogP contribution < -0.4 is 5.73 Å². The van der Waals surface area contributed by atoms with Crippen LogP contribution in [0.15, 0.2) is 64.0 Å². The van der Waals surface area contributed by atoms with E-state index in [1.165, 1.54) is 4.31 Å². The van der Waals surface area contributed by atoms with Crippen LogP contribution in [0, 0.1) is 0 Å². The van der Waals surface area contributed by atoms with Gasteiger partial charge in [-0.05, 0) is 30.5 Å². The molecule has 1 fully saturated rings. The fourth-order valence-electron chi connectivity index (χ4n) is 3.28. The lowest BCUT2D eigenvalue weighted by Gasteiger charge is -2.21. The number of hydrogen-bond acceptors (Lipinski definition) is 6. The van der Waals surface area contributed by atoms with Crippen molar-refractivity contribution < 1.29 is 12.9 Å². The van der Waals surface area contributed by atoms with Gasteiger partial charge < -0.3 is 10.3 Å². The van der Waals surface area contributed by atoms with E-state index in [2.05, 4.69) is 10.1 Å². The van der Waals surface area contributed by atoms with Crippen LogP contribution >= 0.6 is 0 Å². The van der Waals surface area contributed by atoms with E-state index in [4.69, 9.17) is 10.3 Å². The molecular weight excluding hydrogens is 364 g/mol. The second-order valence-electron chi connectivity index (χ2n) is 6.44. The maximum atomic E-state index is 13.0. The first kappa shape index (κ1) is 17.8. The average molecular weight is 384 g/mol.